The van der Waals surface area contributed by atoms with Crippen molar-refractivity contribution in [1.82, 2.24) is 0 Å². The molecule has 0 saturated heterocycles. The molecule has 250 valence electrons. The maximum absolute atomic E-state index is 2.34. The lowest BCUT2D eigenvalue weighted by atomic mass is 9.83. The van der Waals surface area contributed by atoms with Crippen LogP contribution in [0.2, 0.25) is 0 Å². The van der Waals surface area contributed by atoms with Gasteiger partial charge in [-0.2, -0.15) is 0 Å². The van der Waals surface area contributed by atoms with Crippen LogP contribution in [0.4, 0.5) is 0 Å². The zero-order valence-electron chi connectivity index (χ0n) is 29.7. The van der Waals surface area contributed by atoms with E-state index in [4.69, 9.17) is 0 Å². The van der Waals surface area contributed by atoms with Gasteiger partial charge in [-0.15, -0.1) is 0 Å². The molecule has 0 aliphatic carbocycles. The van der Waals surface area contributed by atoms with Gasteiger partial charge in [0.15, 0.2) is 0 Å². The number of hydrogen-bond donors (Lipinski definition) is 0. The summed E-state index contributed by atoms with van der Waals surface area (Å²) in [5.41, 5.74) is 11.3. The van der Waals surface area contributed by atoms with Crippen LogP contribution in [0.25, 0.3) is 87.6 Å². The smallest absolute Gasteiger partial charge is 0.00201 e. The Kier molecular flexibility index (Phi) is 8.56. The Labute approximate surface area is 311 Å². The Hall–Kier alpha value is -6.76. The Morgan fingerprint density at radius 3 is 1.36 bits per heavy atom. The molecule has 0 amide bonds. The van der Waals surface area contributed by atoms with E-state index >= 15 is 0 Å². The van der Waals surface area contributed by atoms with Crippen molar-refractivity contribution in [3.05, 3.63) is 218 Å². The second-order valence-electron chi connectivity index (χ2n) is 13.7. The van der Waals surface area contributed by atoms with Crippen molar-refractivity contribution in [3.63, 3.8) is 0 Å². The number of fused-ring (bicyclic) bond motifs is 4. The van der Waals surface area contributed by atoms with E-state index in [1.165, 1.54) is 93.2 Å². The molecule has 0 nitrogen and oxygen atoms in total. The van der Waals surface area contributed by atoms with Gasteiger partial charge in [0.05, 0.1) is 0 Å². The first-order chi connectivity index (χ1) is 26.2. The van der Waals surface area contributed by atoms with Crippen LogP contribution < -0.4 is 0 Å². The lowest BCUT2D eigenvalue weighted by molar-refractivity contribution is 1.51. The van der Waals surface area contributed by atoms with Gasteiger partial charge < -0.3 is 0 Å². The van der Waals surface area contributed by atoms with Gasteiger partial charge >= 0.3 is 0 Å². The second-order valence-corrected chi connectivity index (χ2v) is 13.7. The van der Waals surface area contributed by atoms with E-state index < -0.39 is 0 Å². The highest BCUT2D eigenvalue weighted by atomic mass is 14.2. The minimum absolute atomic E-state index is 1.22. The van der Waals surface area contributed by atoms with E-state index in [1.54, 1.807) is 0 Å². The Morgan fingerprint density at radius 2 is 0.698 bits per heavy atom. The van der Waals surface area contributed by atoms with Crippen molar-refractivity contribution in [2.75, 3.05) is 0 Å². The van der Waals surface area contributed by atoms with Crippen LogP contribution in [0.15, 0.2) is 212 Å². The molecule has 0 spiro atoms. The number of rotatable bonds is 4. The van der Waals surface area contributed by atoms with Gasteiger partial charge in [0, 0.05) is 0 Å². The summed E-state index contributed by atoms with van der Waals surface area (Å²) in [6.45, 7) is 2.12. The molecule has 0 atom stereocenters. The topological polar surface area (TPSA) is 0 Å². The summed E-state index contributed by atoms with van der Waals surface area (Å²) in [6, 6.07) is 76.6. The van der Waals surface area contributed by atoms with Gasteiger partial charge in [-0.25, -0.2) is 0 Å². The Morgan fingerprint density at radius 1 is 0.245 bits per heavy atom. The first-order valence-electron chi connectivity index (χ1n) is 18.3. The quantitative estimate of drug-likeness (QED) is 0.163. The molecule has 0 unspecified atom stereocenters. The summed E-state index contributed by atoms with van der Waals surface area (Å²) in [6.07, 6.45) is 0. The Bertz CT molecular complexity index is 2840. The third-order valence-electron chi connectivity index (χ3n) is 10.4. The van der Waals surface area contributed by atoms with Crippen LogP contribution in [-0.2, 0) is 0 Å². The summed E-state index contributed by atoms with van der Waals surface area (Å²) in [5, 5.41) is 10.3. The van der Waals surface area contributed by atoms with Crippen LogP contribution in [-0.4, -0.2) is 0 Å². The average molecular weight is 675 g/mol. The molecule has 0 heterocycles. The molecule has 0 N–H and O–H groups in total. The third-order valence-corrected chi connectivity index (χ3v) is 10.4. The van der Waals surface area contributed by atoms with Crippen molar-refractivity contribution < 1.29 is 0 Å². The van der Waals surface area contributed by atoms with Crippen LogP contribution in [0, 0.1) is 6.92 Å². The van der Waals surface area contributed by atoms with Crippen LogP contribution in [0.5, 0.6) is 0 Å². The van der Waals surface area contributed by atoms with Crippen LogP contribution in [0.3, 0.4) is 0 Å². The van der Waals surface area contributed by atoms with Crippen molar-refractivity contribution >= 4 is 43.1 Å². The number of benzene rings is 10. The molecule has 0 bridgehead atoms. The van der Waals surface area contributed by atoms with Gasteiger partial charge in [-0.05, 0) is 107 Å². The monoisotopic (exact) mass is 674 g/mol. The van der Waals surface area contributed by atoms with Gasteiger partial charge in [0.1, 0.15) is 0 Å². The summed E-state index contributed by atoms with van der Waals surface area (Å²) >= 11 is 0. The molecule has 0 radical (unpaired) electrons. The second kappa shape index (κ2) is 14.1. The van der Waals surface area contributed by atoms with E-state index in [0.29, 0.717) is 0 Å². The fourth-order valence-corrected chi connectivity index (χ4v) is 7.83. The fourth-order valence-electron chi connectivity index (χ4n) is 7.83. The molecule has 10 aromatic carbocycles. The predicted octanol–water partition coefficient (Wildman–Crippen LogP) is 15.0. The number of aryl methyl sites for hydroxylation is 1. The van der Waals surface area contributed by atoms with Crippen molar-refractivity contribution in [3.8, 4) is 44.5 Å². The lowest BCUT2D eigenvalue weighted by Crippen LogP contribution is -1.92. The molecule has 0 aliphatic heterocycles. The van der Waals surface area contributed by atoms with E-state index in [0.717, 1.165) is 0 Å². The first-order valence-corrected chi connectivity index (χ1v) is 18.3. The molecule has 0 aromatic heterocycles. The molecular formula is C53H38. The summed E-state index contributed by atoms with van der Waals surface area (Å²) in [5.74, 6) is 0. The van der Waals surface area contributed by atoms with E-state index in [9.17, 15) is 0 Å². The molecule has 10 aromatic rings. The minimum Gasteiger partial charge on any atom is -0.0622 e. The number of hydrogen-bond acceptors (Lipinski definition) is 0. The lowest BCUT2D eigenvalue weighted by Gasteiger charge is -2.20. The molecule has 53 heavy (non-hydrogen) atoms. The van der Waals surface area contributed by atoms with E-state index in [2.05, 4.69) is 219 Å². The summed E-state index contributed by atoms with van der Waals surface area (Å²) in [4.78, 5) is 0. The zero-order valence-corrected chi connectivity index (χ0v) is 29.7. The highest BCUT2D eigenvalue weighted by Crippen LogP contribution is 2.46. The van der Waals surface area contributed by atoms with E-state index in [1.807, 2.05) is 0 Å². The van der Waals surface area contributed by atoms with E-state index in [-0.39, 0.29) is 0 Å². The zero-order chi connectivity index (χ0) is 35.6. The SMILES string of the molecule is Cc1ccc2ccccc2c1.c1ccc(-c2c3ccccc3c(-c3ccccc3-c3cccc(-c4ccc5ccccc5c4)c3)c3ccccc23)cc1. The molecule has 10 rings (SSSR count). The predicted molar refractivity (Wildman–Crippen MR) is 229 cm³/mol. The normalized spacial score (nSPS) is 11.1. The highest BCUT2D eigenvalue weighted by Gasteiger charge is 2.18. The molecule has 0 aliphatic rings. The maximum Gasteiger partial charge on any atom is -0.00201 e. The van der Waals surface area contributed by atoms with Crippen molar-refractivity contribution in [2.24, 2.45) is 0 Å². The maximum atomic E-state index is 2.34. The van der Waals surface area contributed by atoms with Crippen molar-refractivity contribution in [2.45, 2.75) is 6.92 Å². The minimum atomic E-state index is 1.22. The van der Waals surface area contributed by atoms with Gasteiger partial charge in [-0.3, -0.25) is 0 Å². The Balaban J connectivity index is 0.000000289. The largest absolute Gasteiger partial charge is 0.0622 e. The summed E-state index contributed by atoms with van der Waals surface area (Å²) in [7, 11) is 0. The fraction of sp³-hybridized carbons (Fsp3) is 0.0189. The standard InChI is InChI=1S/C42H28.C11H10/c1-2-14-30(15-3-1)41-37-21-8-10-23-39(37)42(40-24-11-9-22-38(40)41)36-20-7-6-19-35(36)34-18-12-17-32(28-34)33-26-25-29-13-4-5-16-31(29)27-33;1-9-6-7-10-4-2-3-5-11(10)8-9/h1-28H;2-8H,1H3. The van der Waals surface area contributed by atoms with Gasteiger partial charge in [0.25, 0.3) is 0 Å². The first kappa shape index (κ1) is 32.2. The van der Waals surface area contributed by atoms with Crippen LogP contribution in [0.1, 0.15) is 5.56 Å². The van der Waals surface area contributed by atoms with Crippen LogP contribution >= 0.6 is 0 Å². The molecule has 0 fully saturated rings. The molecule has 0 heteroatoms. The van der Waals surface area contributed by atoms with Crippen molar-refractivity contribution in [1.29, 1.82) is 0 Å². The summed E-state index contributed by atoms with van der Waals surface area (Å²) < 4.78 is 0. The molecular weight excluding hydrogens is 637 g/mol. The average Bonchev–Trinajstić information content (AvgIpc) is 3.23. The van der Waals surface area contributed by atoms with Gasteiger partial charge in [0.2, 0.25) is 0 Å². The van der Waals surface area contributed by atoms with Gasteiger partial charge in [-0.1, -0.05) is 206 Å². The highest BCUT2D eigenvalue weighted by molar-refractivity contribution is 6.22. The molecule has 0 saturated carbocycles. The third kappa shape index (κ3) is 6.26.